The fourth-order valence-electron chi connectivity index (χ4n) is 2.80. The van der Waals surface area contributed by atoms with E-state index in [9.17, 15) is 4.39 Å². The second-order valence-corrected chi connectivity index (χ2v) is 5.60. The van der Waals surface area contributed by atoms with E-state index in [0.717, 1.165) is 27.8 Å². The van der Waals surface area contributed by atoms with Crippen molar-refractivity contribution in [2.75, 3.05) is 0 Å². The fraction of sp³-hybridized carbons (Fsp3) is 0. The second kappa shape index (κ2) is 6.61. The molecule has 0 saturated heterocycles. The zero-order chi connectivity index (χ0) is 17.1. The van der Waals surface area contributed by atoms with Gasteiger partial charge in [0.05, 0.1) is 0 Å². The van der Waals surface area contributed by atoms with Crippen LogP contribution in [0.2, 0.25) is 0 Å². The molecule has 0 spiro atoms. The standard InChI is InChI=1S/C21H14FN3/c22-18-9-6-16(7-10-18)20-12-17(15-4-2-1-3-5-15)8-11-19(20)21-24-13-23-14-25-21/h1-14H. The van der Waals surface area contributed by atoms with Crippen molar-refractivity contribution in [3.05, 3.63) is 91.3 Å². The first kappa shape index (κ1) is 15.1. The maximum absolute atomic E-state index is 13.3. The van der Waals surface area contributed by atoms with Crippen LogP contribution in [-0.2, 0) is 0 Å². The molecule has 4 rings (SSSR count). The summed E-state index contributed by atoms with van der Waals surface area (Å²) in [7, 11) is 0. The van der Waals surface area contributed by atoms with Gasteiger partial charge in [0.1, 0.15) is 18.5 Å². The molecule has 3 aromatic carbocycles. The first-order valence-corrected chi connectivity index (χ1v) is 7.89. The van der Waals surface area contributed by atoms with Crippen LogP contribution in [0.15, 0.2) is 85.5 Å². The molecule has 25 heavy (non-hydrogen) atoms. The molecule has 1 aromatic heterocycles. The molecule has 1 heterocycles. The van der Waals surface area contributed by atoms with Gasteiger partial charge in [0.15, 0.2) is 5.82 Å². The smallest absolute Gasteiger partial charge is 0.163 e. The lowest BCUT2D eigenvalue weighted by molar-refractivity contribution is 0.628. The van der Waals surface area contributed by atoms with Crippen molar-refractivity contribution < 1.29 is 4.39 Å². The Morgan fingerprint density at radius 2 is 1.28 bits per heavy atom. The number of benzene rings is 3. The average Bonchev–Trinajstić information content (AvgIpc) is 2.69. The van der Waals surface area contributed by atoms with Crippen LogP contribution in [0.4, 0.5) is 4.39 Å². The summed E-state index contributed by atoms with van der Waals surface area (Å²) < 4.78 is 13.3. The maximum atomic E-state index is 13.3. The number of hydrogen-bond donors (Lipinski definition) is 0. The van der Waals surface area contributed by atoms with Gasteiger partial charge in [0, 0.05) is 5.56 Å². The van der Waals surface area contributed by atoms with E-state index in [1.54, 1.807) is 12.1 Å². The molecule has 4 heteroatoms. The van der Waals surface area contributed by atoms with E-state index in [2.05, 4.69) is 33.2 Å². The highest BCUT2D eigenvalue weighted by Crippen LogP contribution is 2.34. The molecule has 0 unspecified atom stereocenters. The quantitative estimate of drug-likeness (QED) is 0.531. The third-order valence-electron chi connectivity index (χ3n) is 4.02. The molecular weight excluding hydrogens is 313 g/mol. The zero-order valence-corrected chi connectivity index (χ0v) is 13.3. The minimum absolute atomic E-state index is 0.260. The average molecular weight is 327 g/mol. The van der Waals surface area contributed by atoms with E-state index in [-0.39, 0.29) is 5.82 Å². The SMILES string of the molecule is Fc1ccc(-c2cc(-c3ccccc3)ccc2-c2ncncn2)cc1. The minimum Gasteiger partial charge on any atom is -0.225 e. The van der Waals surface area contributed by atoms with Gasteiger partial charge in [0.2, 0.25) is 0 Å². The summed E-state index contributed by atoms with van der Waals surface area (Å²) in [5, 5.41) is 0. The number of aromatic nitrogens is 3. The van der Waals surface area contributed by atoms with Crippen LogP contribution in [-0.4, -0.2) is 15.0 Å². The molecule has 0 aliphatic carbocycles. The number of halogens is 1. The Kier molecular flexibility index (Phi) is 4.01. The molecule has 4 aromatic rings. The molecular formula is C21H14FN3. The van der Waals surface area contributed by atoms with E-state index in [0.29, 0.717) is 5.82 Å². The minimum atomic E-state index is -0.260. The van der Waals surface area contributed by atoms with Gasteiger partial charge < -0.3 is 0 Å². The third kappa shape index (κ3) is 3.15. The molecule has 0 atom stereocenters. The largest absolute Gasteiger partial charge is 0.225 e. The third-order valence-corrected chi connectivity index (χ3v) is 4.02. The van der Waals surface area contributed by atoms with Crippen molar-refractivity contribution in [1.29, 1.82) is 0 Å². The van der Waals surface area contributed by atoms with Crippen LogP contribution in [0.5, 0.6) is 0 Å². The summed E-state index contributed by atoms with van der Waals surface area (Å²) >= 11 is 0. The maximum Gasteiger partial charge on any atom is 0.163 e. The molecule has 0 radical (unpaired) electrons. The van der Waals surface area contributed by atoms with E-state index in [4.69, 9.17) is 0 Å². The lowest BCUT2D eigenvalue weighted by atomic mass is 9.94. The highest BCUT2D eigenvalue weighted by Gasteiger charge is 2.12. The van der Waals surface area contributed by atoms with Crippen LogP contribution in [0.1, 0.15) is 0 Å². The fourth-order valence-corrected chi connectivity index (χ4v) is 2.80. The van der Waals surface area contributed by atoms with Gasteiger partial charge in [-0.05, 0) is 46.5 Å². The van der Waals surface area contributed by atoms with Gasteiger partial charge in [0.25, 0.3) is 0 Å². The van der Waals surface area contributed by atoms with Gasteiger partial charge >= 0.3 is 0 Å². The molecule has 0 fully saturated rings. The first-order chi connectivity index (χ1) is 12.3. The van der Waals surface area contributed by atoms with Crippen LogP contribution >= 0.6 is 0 Å². The van der Waals surface area contributed by atoms with Crippen molar-refractivity contribution in [2.24, 2.45) is 0 Å². The number of nitrogens with zero attached hydrogens (tertiary/aromatic N) is 3. The summed E-state index contributed by atoms with van der Waals surface area (Å²) in [4.78, 5) is 12.4. The van der Waals surface area contributed by atoms with Crippen molar-refractivity contribution in [1.82, 2.24) is 15.0 Å². The molecule has 0 bridgehead atoms. The Morgan fingerprint density at radius 3 is 2.00 bits per heavy atom. The van der Waals surface area contributed by atoms with Gasteiger partial charge in [-0.2, -0.15) is 0 Å². The van der Waals surface area contributed by atoms with Crippen molar-refractivity contribution in [3.8, 4) is 33.6 Å². The van der Waals surface area contributed by atoms with Gasteiger partial charge in [-0.15, -0.1) is 0 Å². The van der Waals surface area contributed by atoms with Gasteiger partial charge in [-0.3, -0.25) is 0 Å². The molecule has 0 aliphatic heterocycles. The summed E-state index contributed by atoms with van der Waals surface area (Å²) in [5.74, 6) is 0.332. The van der Waals surface area contributed by atoms with E-state index in [1.807, 2.05) is 30.3 Å². The molecule has 0 saturated carbocycles. The van der Waals surface area contributed by atoms with Gasteiger partial charge in [-0.25, -0.2) is 19.3 Å². The van der Waals surface area contributed by atoms with E-state index in [1.165, 1.54) is 24.8 Å². The monoisotopic (exact) mass is 327 g/mol. The van der Waals surface area contributed by atoms with Crippen LogP contribution in [0, 0.1) is 5.82 Å². The summed E-state index contributed by atoms with van der Waals surface area (Å²) in [6.07, 6.45) is 2.95. The predicted molar refractivity (Wildman–Crippen MR) is 96.1 cm³/mol. The van der Waals surface area contributed by atoms with Crippen molar-refractivity contribution in [2.45, 2.75) is 0 Å². The van der Waals surface area contributed by atoms with E-state index >= 15 is 0 Å². The Hall–Kier alpha value is -3.40. The lowest BCUT2D eigenvalue weighted by Gasteiger charge is -2.12. The van der Waals surface area contributed by atoms with Crippen molar-refractivity contribution in [3.63, 3.8) is 0 Å². The Bertz CT molecular complexity index is 985. The topological polar surface area (TPSA) is 38.7 Å². The molecule has 0 amide bonds. The zero-order valence-electron chi connectivity index (χ0n) is 13.3. The summed E-state index contributed by atoms with van der Waals surface area (Å²) in [6, 6.07) is 22.7. The van der Waals surface area contributed by atoms with Crippen LogP contribution in [0.3, 0.4) is 0 Å². The second-order valence-electron chi connectivity index (χ2n) is 5.60. The Balaban J connectivity index is 1.91. The summed E-state index contributed by atoms with van der Waals surface area (Å²) in [5.41, 5.74) is 4.95. The molecule has 3 nitrogen and oxygen atoms in total. The molecule has 0 aliphatic rings. The Labute approximate surface area is 144 Å². The van der Waals surface area contributed by atoms with E-state index < -0.39 is 0 Å². The molecule has 0 N–H and O–H groups in total. The van der Waals surface area contributed by atoms with Crippen molar-refractivity contribution >= 4 is 0 Å². The van der Waals surface area contributed by atoms with Gasteiger partial charge in [-0.1, -0.05) is 48.5 Å². The Morgan fingerprint density at radius 1 is 0.600 bits per heavy atom. The summed E-state index contributed by atoms with van der Waals surface area (Å²) in [6.45, 7) is 0. The normalized spacial score (nSPS) is 10.6. The lowest BCUT2D eigenvalue weighted by Crippen LogP contribution is -1.93. The number of hydrogen-bond acceptors (Lipinski definition) is 3. The molecule has 120 valence electrons. The van der Waals surface area contributed by atoms with Crippen LogP contribution in [0.25, 0.3) is 33.6 Å². The number of rotatable bonds is 3. The predicted octanol–water partition coefficient (Wildman–Crippen LogP) is 5.01. The highest BCUT2D eigenvalue weighted by atomic mass is 19.1. The van der Waals surface area contributed by atoms with Crippen LogP contribution < -0.4 is 0 Å². The highest BCUT2D eigenvalue weighted by molar-refractivity contribution is 5.84. The first-order valence-electron chi connectivity index (χ1n) is 7.89.